The predicted octanol–water partition coefficient (Wildman–Crippen LogP) is 2.20. The zero-order chi connectivity index (χ0) is 15.9. The molecule has 0 N–H and O–H groups in total. The highest BCUT2D eigenvalue weighted by molar-refractivity contribution is 6.04. The number of nitrogens with zero attached hydrogens (tertiary/aromatic N) is 4. The van der Waals surface area contributed by atoms with Crippen LogP contribution >= 0.6 is 0 Å². The molecule has 6 heteroatoms. The lowest BCUT2D eigenvalue weighted by molar-refractivity contribution is 0.0963. The Hall–Kier alpha value is -2.81. The lowest BCUT2D eigenvalue weighted by Crippen LogP contribution is -2.31. The number of aromatic nitrogens is 2. The van der Waals surface area contributed by atoms with Crippen molar-refractivity contribution in [3.05, 3.63) is 36.5 Å². The summed E-state index contributed by atoms with van der Waals surface area (Å²) in [5, 5.41) is 0. The van der Waals surface area contributed by atoms with Crippen LogP contribution in [0.15, 0.2) is 35.2 Å². The number of furan rings is 1. The van der Waals surface area contributed by atoms with Crippen LogP contribution in [-0.2, 0) is 0 Å². The molecular weight excluding hydrogens is 280 g/mol. The van der Waals surface area contributed by atoms with Crippen molar-refractivity contribution in [1.29, 1.82) is 0 Å². The molecule has 0 unspecified atom stereocenters. The van der Waals surface area contributed by atoms with Crippen molar-refractivity contribution in [3.8, 4) is 12.3 Å². The van der Waals surface area contributed by atoms with Gasteiger partial charge in [0.2, 0.25) is 5.95 Å². The zero-order valence-corrected chi connectivity index (χ0v) is 12.7. The first-order chi connectivity index (χ1) is 10.7. The molecule has 2 heterocycles. The van der Waals surface area contributed by atoms with Crippen LogP contribution in [-0.4, -0.2) is 35.5 Å². The molecule has 0 saturated carbocycles. The lowest BCUT2D eigenvalue weighted by atomic mass is 10.3. The van der Waals surface area contributed by atoms with Gasteiger partial charge in [-0.05, 0) is 26.0 Å². The SMILES string of the molecule is C#CCN(C(=O)c1ccco1)c1cnc(N(CC)CC)nc1. The van der Waals surface area contributed by atoms with Crippen molar-refractivity contribution in [2.24, 2.45) is 0 Å². The Balaban J connectivity index is 2.26. The summed E-state index contributed by atoms with van der Waals surface area (Å²) in [6, 6.07) is 3.25. The van der Waals surface area contributed by atoms with Crippen LogP contribution < -0.4 is 9.80 Å². The van der Waals surface area contributed by atoms with Crippen LogP contribution in [0.4, 0.5) is 11.6 Å². The number of anilines is 2. The summed E-state index contributed by atoms with van der Waals surface area (Å²) in [6.07, 6.45) is 9.99. The highest BCUT2D eigenvalue weighted by Gasteiger charge is 2.20. The van der Waals surface area contributed by atoms with Gasteiger partial charge in [-0.3, -0.25) is 9.69 Å². The summed E-state index contributed by atoms with van der Waals surface area (Å²) in [5.74, 6) is 3.00. The molecule has 2 aromatic rings. The first kappa shape index (κ1) is 15.6. The molecule has 6 nitrogen and oxygen atoms in total. The number of rotatable bonds is 6. The molecule has 0 atom stereocenters. The van der Waals surface area contributed by atoms with Gasteiger partial charge >= 0.3 is 0 Å². The molecule has 114 valence electrons. The van der Waals surface area contributed by atoms with Crippen LogP contribution in [0.25, 0.3) is 0 Å². The van der Waals surface area contributed by atoms with Crippen molar-refractivity contribution in [2.75, 3.05) is 29.4 Å². The zero-order valence-electron chi connectivity index (χ0n) is 12.7. The van der Waals surface area contributed by atoms with Crippen LogP contribution in [0.1, 0.15) is 24.4 Å². The minimum absolute atomic E-state index is 0.119. The molecule has 2 rings (SSSR count). The molecule has 0 aromatic carbocycles. The largest absolute Gasteiger partial charge is 0.459 e. The second kappa shape index (κ2) is 7.27. The standard InChI is InChI=1S/C16H18N4O2/c1-4-9-20(15(21)14-8-7-10-22-14)13-11-17-16(18-12-13)19(5-2)6-3/h1,7-8,10-12H,5-6,9H2,2-3H3. The molecule has 0 aliphatic carbocycles. The second-order valence-corrected chi connectivity index (χ2v) is 4.49. The smallest absolute Gasteiger partial charge is 0.294 e. The van der Waals surface area contributed by atoms with Crippen molar-refractivity contribution in [3.63, 3.8) is 0 Å². The van der Waals surface area contributed by atoms with Gasteiger partial charge in [-0.15, -0.1) is 6.42 Å². The van der Waals surface area contributed by atoms with E-state index in [4.69, 9.17) is 10.8 Å². The molecule has 0 aliphatic rings. The van der Waals surface area contributed by atoms with Crippen LogP contribution in [0.5, 0.6) is 0 Å². The summed E-state index contributed by atoms with van der Waals surface area (Å²) < 4.78 is 5.13. The Morgan fingerprint density at radius 1 is 1.32 bits per heavy atom. The van der Waals surface area contributed by atoms with Crippen LogP contribution in [0.3, 0.4) is 0 Å². The molecule has 0 fully saturated rings. The second-order valence-electron chi connectivity index (χ2n) is 4.49. The Labute approximate surface area is 129 Å². The van der Waals surface area contributed by atoms with Gasteiger partial charge in [0.25, 0.3) is 5.91 Å². The fourth-order valence-electron chi connectivity index (χ4n) is 2.03. The highest BCUT2D eigenvalue weighted by Crippen LogP contribution is 2.17. The maximum atomic E-state index is 12.4. The van der Waals surface area contributed by atoms with Gasteiger partial charge in [0.1, 0.15) is 0 Å². The molecule has 0 spiro atoms. The van der Waals surface area contributed by atoms with Gasteiger partial charge in [0.15, 0.2) is 5.76 Å². The van der Waals surface area contributed by atoms with E-state index in [-0.39, 0.29) is 18.2 Å². The van der Waals surface area contributed by atoms with E-state index in [0.29, 0.717) is 11.6 Å². The van der Waals surface area contributed by atoms with E-state index in [1.807, 2.05) is 18.7 Å². The minimum Gasteiger partial charge on any atom is -0.459 e. The number of carbonyl (C=O) groups is 1. The molecular formula is C16H18N4O2. The number of hydrogen-bond donors (Lipinski definition) is 0. The van der Waals surface area contributed by atoms with E-state index >= 15 is 0 Å². The van der Waals surface area contributed by atoms with Gasteiger partial charge in [0, 0.05) is 13.1 Å². The number of hydrogen-bond acceptors (Lipinski definition) is 5. The van der Waals surface area contributed by atoms with E-state index in [9.17, 15) is 4.79 Å². The third kappa shape index (κ3) is 3.26. The topological polar surface area (TPSA) is 62.5 Å². The highest BCUT2D eigenvalue weighted by atomic mass is 16.3. The molecule has 1 amide bonds. The molecule has 2 aromatic heterocycles. The number of amides is 1. The van der Waals surface area contributed by atoms with Crippen molar-refractivity contribution < 1.29 is 9.21 Å². The molecule has 0 aliphatic heterocycles. The molecule has 22 heavy (non-hydrogen) atoms. The van der Waals surface area contributed by atoms with E-state index in [2.05, 4.69) is 15.9 Å². The van der Waals surface area contributed by atoms with Crippen LogP contribution in [0, 0.1) is 12.3 Å². The third-order valence-electron chi connectivity index (χ3n) is 3.21. The average molecular weight is 298 g/mol. The molecule has 0 saturated heterocycles. The molecule has 0 bridgehead atoms. The Kier molecular flexibility index (Phi) is 5.15. The quantitative estimate of drug-likeness (QED) is 0.765. The summed E-state index contributed by atoms with van der Waals surface area (Å²) in [6.45, 7) is 5.82. The molecule has 0 radical (unpaired) electrons. The van der Waals surface area contributed by atoms with Crippen molar-refractivity contribution in [2.45, 2.75) is 13.8 Å². The third-order valence-corrected chi connectivity index (χ3v) is 3.21. The van der Waals surface area contributed by atoms with Gasteiger partial charge in [-0.25, -0.2) is 9.97 Å². The minimum atomic E-state index is -0.317. The Morgan fingerprint density at radius 2 is 2.00 bits per heavy atom. The summed E-state index contributed by atoms with van der Waals surface area (Å²) in [7, 11) is 0. The van der Waals surface area contributed by atoms with Crippen LogP contribution in [0.2, 0.25) is 0 Å². The lowest BCUT2D eigenvalue weighted by Gasteiger charge is -2.21. The summed E-state index contributed by atoms with van der Waals surface area (Å²) in [5.41, 5.74) is 0.537. The predicted molar refractivity (Wildman–Crippen MR) is 84.8 cm³/mol. The van der Waals surface area contributed by atoms with Gasteiger partial charge in [0.05, 0.1) is 30.9 Å². The monoisotopic (exact) mass is 298 g/mol. The van der Waals surface area contributed by atoms with Crippen molar-refractivity contribution >= 4 is 17.5 Å². The van der Waals surface area contributed by atoms with Crippen molar-refractivity contribution in [1.82, 2.24) is 9.97 Å². The number of carbonyl (C=O) groups excluding carboxylic acids is 1. The Morgan fingerprint density at radius 3 is 2.50 bits per heavy atom. The van der Waals surface area contributed by atoms with E-state index < -0.39 is 0 Å². The fourth-order valence-corrected chi connectivity index (χ4v) is 2.03. The van der Waals surface area contributed by atoms with E-state index in [1.54, 1.807) is 24.5 Å². The van der Waals surface area contributed by atoms with Gasteiger partial charge in [-0.2, -0.15) is 0 Å². The fraction of sp³-hybridized carbons (Fsp3) is 0.312. The average Bonchev–Trinajstić information content (AvgIpc) is 3.08. The first-order valence-electron chi connectivity index (χ1n) is 7.07. The van der Waals surface area contributed by atoms with Gasteiger partial charge in [-0.1, -0.05) is 5.92 Å². The van der Waals surface area contributed by atoms with Gasteiger partial charge < -0.3 is 9.32 Å². The maximum absolute atomic E-state index is 12.4. The first-order valence-corrected chi connectivity index (χ1v) is 7.07. The number of terminal acetylenes is 1. The normalized spacial score (nSPS) is 10.0. The van der Waals surface area contributed by atoms with E-state index in [1.165, 1.54) is 11.2 Å². The summed E-state index contributed by atoms with van der Waals surface area (Å²) in [4.78, 5) is 24.4. The maximum Gasteiger partial charge on any atom is 0.294 e. The van der Waals surface area contributed by atoms with E-state index in [0.717, 1.165) is 13.1 Å². The summed E-state index contributed by atoms with van der Waals surface area (Å²) >= 11 is 0. The Bertz CT molecular complexity index is 640.